The molecule has 0 aliphatic carbocycles. The average molecular weight is 529 g/mol. The Bertz CT molecular complexity index is 1090. The summed E-state index contributed by atoms with van der Waals surface area (Å²) in [4.78, 5) is 7.94. The number of rotatable bonds is 4. The molecule has 2 atom stereocenters. The first-order valence-electron chi connectivity index (χ1n) is 10.00. The molecule has 5 nitrogen and oxygen atoms in total. The molecule has 33 heavy (non-hydrogen) atoms. The third-order valence-electron chi connectivity index (χ3n) is 5.88. The fraction of sp³-hybridized carbons (Fsp3) is 0.476. The fourth-order valence-electron chi connectivity index (χ4n) is 4.06. The van der Waals surface area contributed by atoms with Gasteiger partial charge in [-0.15, -0.1) is 36.2 Å². The number of halogens is 6. The molecule has 0 spiro atoms. The van der Waals surface area contributed by atoms with Crippen molar-refractivity contribution in [3.8, 4) is 0 Å². The van der Waals surface area contributed by atoms with Gasteiger partial charge >= 0.3 is 6.18 Å². The number of alkyl halides is 3. The van der Waals surface area contributed by atoms with Crippen LogP contribution in [0.25, 0.3) is 11.9 Å². The maximum atomic E-state index is 14.6. The molecular weight excluding hydrogens is 503 g/mol. The Morgan fingerprint density at radius 3 is 2.70 bits per heavy atom. The molecule has 2 aromatic rings. The number of likely N-dealkylation sites (N-methyl/N-ethyl adjacent to an activating group) is 1. The van der Waals surface area contributed by atoms with Crippen LogP contribution in [0.2, 0.25) is 0 Å². The van der Waals surface area contributed by atoms with Gasteiger partial charge in [0.25, 0.3) is 0 Å². The molecule has 1 fully saturated rings. The van der Waals surface area contributed by atoms with E-state index in [4.69, 9.17) is 4.74 Å². The van der Waals surface area contributed by atoms with Crippen LogP contribution in [-0.2, 0) is 10.9 Å². The van der Waals surface area contributed by atoms with Crippen molar-refractivity contribution >= 4 is 53.0 Å². The van der Waals surface area contributed by atoms with Gasteiger partial charge in [0.05, 0.1) is 22.4 Å². The number of anilines is 1. The maximum Gasteiger partial charge on any atom is 0.425 e. The number of thiophene rings is 1. The zero-order valence-corrected chi connectivity index (χ0v) is 20.7. The Labute approximate surface area is 205 Å². The molecule has 1 N–H and O–H groups in total. The van der Waals surface area contributed by atoms with Gasteiger partial charge in [-0.1, -0.05) is 0 Å². The van der Waals surface area contributed by atoms with Gasteiger partial charge in [-0.3, -0.25) is 9.88 Å². The van der Waals surface area contributed by atoms with E-state index in [1.807, 2.05) is 18.9 Å². The smallest absolute Gasteiger partial charge is 0.382 e. The SMILES string of the molecule is COC(C)CC1CN(C2=c3nccc(F)c3=CNc3sc(C(F)(F)F)cc32)CCN1C.Cl.Cl. The lowest BCUT2D eigenvalue weighted by Gasteiger charge is -2.42. The molecule has 184 valence electrons. The minimum Gasteiger partial charge on any atom is -0.382 e. The quantitative estimate of drug-likeness (QED) is 0.615. The fourth-order valence-corrected chi connectivity index (χ4v) is 4.95. The molecule has 4 heterocycles. The van der Waals surface area contributed by atoms with Crippen LogP contribution in [0.15, 0.2) is 18.3 Å². The second-order valence-corrected chi connectivity index (χ2v) is 8.96. The average Bonchev–Trinajstić information content (AvgIpc) is 3.07. The summed E-state index contributed by atoms with van der Waals surface area (Å²) in [6.45, 7) is 3.88. The first-order chi connectivity index (χ1) is 14.7. The largest absolute Gasteiger partial charge is 0.425 e. The van der Waals surface area contributed by atoms with E-state index in [1.165, 1.54) is 18.5 Å². The summed E-state index contributed by atoms with van der Waals surface area (Å²) in [5, 5.41) is 3.81. The van der Waals surface area contributed by atoms with Crippen molar-refractivity contribution in [1.29, 1.82) is 0 Å². The van der Waals surface area contributed by atoms with Gasteiger partial charge in [0.15, 0.2) is 0 Å². The van der Waals surface area contributed by atoms with Gasteiger partial charge in [0.2, 0.25) is 0 Å². The van der Waals surface area contributed by atoms with Crippen LogP contribution in [-0.4, -0.2) is 60.7 Å². The normalized spacial score (nSPS) is 19.2. The molecule has 12 heteroatoms. The van der Waals surface area contributed by atoms with E-state index in [0.717, 1.165) is 19.0 Å². The summed E-state index contributed by atoms with van der Waals surface area (Å²) in [7, 11) is 3.69. The Morgan fingerprint density at radius 1 is 1.30 bits per heavy atom. The van der Waals surface area contributed by atoms with E-state index in [9.17, 15) is 17.6 Å². The Balaban J connectivity index is 0.00000193. The van der Waals surface area contributed by atoms with Crippen LogP contribution >= 0.6 is 36.2 Å². The van der Waals surface area contributed by atoms with Crippen LogP contribution in [0.5, 0.6) is 0 Å². The number of ether oxygens (including phenoxy) is 1. The van der Waals surface area contributed by atoms with E-state index in [1.54, 1.807) is 7.11 Å². The van der Waals surface area contributed by atoms with Gasteiger partial charge in [0.1, 0.15) is 15.7 Å². The lowest BCUT2D eigenvalue weighted by Crippen LogP contribution is -2.53. The predicted molar refractivity (Wildman–Crippen MR) is 127 cm³/mol. The van der Waals surface area contributed by atoms with Gasteiger partial charge in [-0.2, -0.15) is 13.2 Å². The molecule has 1 saturated heterocycles. The van der Waals surface area contributed by atoms with Crippen molar-refractivity contribution in [3.05, 3.63) is 45.2 Å². The van der Waals surface area contributed by atoms with Gasteiger partial charge in [0, 0.05) is 50.7 Å². The Morgan fingerprint density at radius 2 is 2.03 bits per heavy atom. The molecule has 2 unspecified atom stereocenters. The topological polar surface area (TPSA) is 40.6 Å². The highest BCUT2D eigenvalue weighted by atomic mass is 35.5. The molecule has 2 aliphatic rings. The zero-order chi connectivity index (χ0) is 22.3. The number of nitrogens with one attached hydrogen (secondary N) is 1. The minimum atomic E-state index is -4.46. The third kappa shape index (κ3) is 5.57. The monoisotopic (exact) mass is 528 g/mol. The van der Waals surface area contributed by atoms with E-state index in [2.05, 4.69) is 15.2 Å². The van der Waals surface area contributed by atoms with Crippen molar-refractivity contribution in [2.45, 2.75) is 31.7 Å². The first kappa shape index (κ1) is 27.7. The van der Waals surface area contributed by atoms with Crippen LogP contribution < -0.4 is 15.9 Å². The predicted octanol–water partition coefficient (Wildman–Crippen LogP) is 3.51. The summed E-state index contributed by atoms with van der Waals surface area (Å²) in [6.07, 6.45) is -0.890. The summed E-state index contributed by atoms with van der Waals surface area (Å²) in [5.74, 6) is -0.472. The van der Waals surface area contributed by atoms with Gasteiger partial charge < -0.3 is 15.0 Å². The van der Waals surface area contributed by atoms with Crippen molar-refractivity contribution < 1.29 is 22.3 Å². The van der Waals surface area contributed by atoms with E-state index >= 15 is 0 Å². The zero-order valence-electron chi connectivity index (χ0n) is 18.3. The van der Waals surface area contributed by atoms with E-state index < -0.39 is 16.9 Å². The van der Waals surface area contributed by atoms with Gasteiger partial charge in [-0.25, -0.2) is 4.39 Å². The van der Waals surface area contributed by atoms with Crippen LogP contribution in [0.3, 0.4) is 0 Å². The summed E-state index contributed by atoms with van der Waals surface area (Å²) < 4.78 is 60.4. The van der Waals surface area contributed by atoms with E-state index in [0.29, 0.717) is 46.0 Å². The number of fused-ring (bicyclic) bond motifs is 2. The van der Waals surface area contributed by atoms with Gasteiger partial charge in [-0.05, 0) is 32.5 Å². The standard InChI is InChI=1S/C21H24F4N4OS.2ClH/c1-12(30-3)8-13-11-29(7-6-28(13)2)19-14-9-17(21(23,24)25)31-20(14)27-10-15-16(22)4-5-26-18(15)19;;/h4-5,9-10,12-13,27H,6-8,11H2,1-3H3;2*1H. The highest BCUT2D eigenvalue weighted by molar-refractivity contribution is 7.16. The number of pyridine rings is 1. The van der Waals surface area contributed by atoms with Crippen LogP contribution in [0.4, 0.5) is 22.6 Å². The lowest BCUT2D eigenvalue weighted by atomic mass is 10.0. The molecule has 0 amide bonds. The van der Waals surface area contributed by atoms with Crippen LogP contribution in [0, 0.1) is 5.82 Å². The van der Waals surface area contributed by atoms with Crippen molar-refractivity contribution in [3.63, 3.8) is 0 Å². The second kappa shape index (κ2) is 10.8. The molecule has 0 aromatic carbocycles. The summed E-state index contributed by atoms with van der Waals surface area (Å²) in [5.41, 5.74) is 0.925. The maximum absolute atomic E-state index is 14.6. The summed E-state index contributed by atoms with van der Waals surface area (Å²) >= 11 is 0.620. The molecule has 2 aliphatic heterocycles. The molecular formula is C21H26Cl2F4N4OS. The summed E-state index contributed by atoms with van der Waals surface area (Å²) in [6, 6.07) is 2.53. The molecule has 0 bridgehead atoms. The molecule has 4 rings (SSSR count). The number of hydrogen-bond acceptors (Lipinski definition) is 6. The van der Waals surface area contributed by atoms with Crippen molar-refractivity contribution in [1.82, 2.24) is 14.8 Å². The minimum absolute atomic E-state index is 0. The van der Waals surface area contributed by atoms with Crippen molar-refractivity contribution in [2.75, 3.05) is 39.1 Å². The number of aromatic nitrogens is 1. The van der Waals surface area contributed by atoms with Crippen molar-refractivity contribution in [2.24, 2.45) is 0 Å². The number of nitrogens with zero attached hydrogens (tertiary/aromatic N) is 3. The van der Waals surface area contributed by atoms with E-state index in [-0.39, 0.29) is 42.2 Å². The second-order valence-electron chi connectivity index (χ2n) is 7.91. The molecule has 0 radical (unpaired) electrons. The molecule has 0 saturated carbocycles. The Kier molecular flexibility index (Phi) is 9.03. The Hall–Kier alpha value is -1.59. The number of piperazine rings is 1. The number of methoxy groups -OCH3 is 1. The highest BCUT2D eigenvalue weighted by Crippen LogP contribution is 2.42. The first-order valence-corrected chi connectivity index (χ1v) is 10.8. The number of hydrogen-bond donors (Lipinski definition) is 1. The van der Waals surface area contributed by atoms with Crippen LogP contribution in [0.1, 0.15) is 23.8 Å². The third-order valence-corrected chi connectivity index (χ3v) is 6.99. The molecule has 2 aromatic heterocycles. The lowest BCUT2D eigenvalue weighted by molar-refractivity contribution is -0.134. The highest BCUT2D eigenvalue weighted by Gasteiger charge is 2.36.